The Bertz CT molecular complexity index is 1170. The van der Waals surface area contributed by atoms with Crippen molar-refractivity contribution >= 4 is 27.5 Å². The summed E-state index contributed by atoms with van der Waals surface area (Å²) >= 11 is 0. The maximum Gasteiger partial charge on any atom is 0.243 e. The van der Waals surface area contributed by atoms with E-state index in [1.165, 1.54) is 9.21 Å². The molecule has 0 aromatic heterocycles. The molecule has 1 unspecified atom stereocenters. The molecule has 2 aliphatic rings. The van der Waals surface area contributed by atoms with Crippen LogP contribution in [0.1, 0.15) is 57.1 Å². The van der Waals surface area contributed by atoms with Crippen LogP contribution in [0.25, 0.3) is 0 Å². The zero-order chi connectivity index (χ0) is 24.5. The summed E-state index contributed by atoms with van der Waals surface area (Å²) in [5.74, 6) is -0.309. The normalized spacial score (nSPS) is 19.0. The Kier molecular flexibility index (Phi) is 6.82. The third-order valence-corrected chi connectivity index (χ3v) is 8.84. The van der Waals surface area contributed by atoms with Gasteiger partial charge in [0.05, 0.1) is 10.3 Å². The average Bonchev–Trinajstić information content (AvgIpc) is 3.03. The number of carbonyl (C=O) groups is 2. The molecule has 2 heterocycles. The van der Waals surface area contributed by atoms with E-state index >= 15 is 0 Å². The highest BCUT2D eigenvalue weighted by molar-refractivity contribution is 7.89. The van der Waals surface area contributed by atoms with Crippen molar-refractivity contribution in [3.05, 3.63) is 59.7 Å². The molecule has 7 nitrogen and oxygen atoms in total. The van der Waals surface area contributed by atoms with Crippen LogP contribution in [0, 0.1) is 0 Å². The standard InChI is InChI=1S/C26H33N3O4S/c1-19(20-10-6-4-7-11-20)17-27-24(30)18-29-23-13-12-21(16-22(23)26(2,3)25(29)31)34(32,33)28-14-8-5-9-15-28/h4,6-7,10-13,16,19H,5,8-9,14-15,17-18H2,1-3H3,(H,27,30). The van der Waals surface area contributed by atoms with E-state index in [9.17, 15) is 18.0 Å². The second-order valence-corrected chi connectivity index (χ2v) is 11.7. The van der Waals surface area contributed by atoms with Gasteiger partial charge in [-0.15, -0.1) is 0 Å². The van der Waals surface area contributed by atoms with Gasteiger partial charge >= 0.3 is 0 Å². The molecule has 4 rings (SSSR count). The lowest BCUT2D eigenvalue weighted by Gasteiger charge is -2.26. The molecule has 2 aromatic rings. The van der Waals surface area contributed by atoms with Crippen LogP contribution >= 0.6 is 0 Å². The summed E-state index contributed by atoms with van der Waals surface area (Å²) in [4.78, 5) is 27.6. The molecule has 2 aromatic carbocycles. The number of hydrogen-bond donors (Lipinski definition) is 1. The van der Waals surface area contributed by atoms with Gasteiger partial charge in [-0.25, -0.2) is 8.42 Å². The number of sulfonamides is 1. The summed E-state index contributed by atoms with van der Waals surface area (Å²) in [6.07, 6.45) is 2.76. The number of rotatable bonds is 7. The van der Waals surface area contributed by atoms with Crippen molar-refractivity contribution in [2.24, 2.45) is 0 Å². The number of nitrogens with zero attached hydrogens (tertiary/aromatic N) is 2. The Morgan fingerprint density at radius 3 is 2.41 bits per heavy atom. The molecule has 1 N–H and O–H groups in total. The number of hydrogen-bond acceptors (Lipinski definition) is 4. The summed E-state index contributed by atoms with van der Waals surface area (Å²) in [6.45, 7) is 7.01. The summed E-state index contributed by atoms with van der Waals surface area (Å²) in [7, 11) is -3.61. The molecular weight excluding hydrogens is 450 g/mol. The number of piperidine rings is 1. The molecule has 182 valence electrons. The second-order valence-electron chi connectivity index (χ2n) is 9.78. The number of fused-ring (bicyclic) bond motifs is 1. The topological polar surface area (TPSA) is 86.8 Å². The maximum atomic E-state index is 13.2. The first-order chi connectivity index (χ1) is 16.1. The SMILES string of the molecule is CC(CNC(=O)CN1C(=O)C(C)(C)c2cc(S(=O)(=O)N3CCCCC3)ccc21)c1ccccc1. The molecule has 2 amide bonds. The van der Waals surface area contributed by atoms with Crippen LogP contribution in [0.15, 0.2) is 53.4 Å². The first kappa shape index (κ1) is 24.4. The molecule has 2 aliphatic heterocycles. The summed E-state index contributed by atoms with van der Waals surface area (Å²) < 4.78 is 27.9. The molecule has 0 spiro atoms. The zero-order valence-corrected chi connectivity index (χ0v) is 20.9. The number of benzene rings is 2. The van der Waals surface area contributed by atoms with E-state index in [0.29, 0.717) is 30.9 Å². The van der Waals surface area contributed by atoms with Crippen molar-refractivity contribution in [1.29, 1.82) is 0 Å². The van der Waals surface area contributed by atoms with E-state index < -0.39 is 15.4 Å². The predicted octanol–water partition coefficient (Wildman–Crippen LogP) is 3.41. The molecular formula is C26H33N3O4S. The van der Waals surface area contributed by atoms with Crippen molar-refractivity contribution in [3.63, 3.8) is 0 Å². The van der Waals surface area contributed by atoms with Gasteiger partial charge in [-0.1, -0.05) is 43.7 Å². The van der Waals surface area contributed by atoms with Gasteiger partial charge in [-0.2, -0.15) is 4.31 Å². The number of carbonyl (C=O) groups excluding carboxylic acids is 2. The Hall–Kier alpha value is -2.71. The van der Waals surface area contributed by atoms with Crippen LogP contribution in [0.3, 0.4) is 0 Å². The fraction of sp³-hybridized carbons (Fsp3) is 0.462. The van der Waals surface area contributed by atoms with Crippen molar-refractivity contribution in [1.82, 2.24) is 9.62 Å². The first-order valence-corrected chi connectivity index (χ1v) is 13.3. The summed E-state index contributed by atoms with van der Waals surface area (Å²) in [6, 6.07) is 14.8. The van der Waals surface area contributed by atoms with Gasteiger partial charge in [-0.05, 0) is 61.9 Å². The van der Waals surface area contributed by atoms with Gasteiger partial charge in [-0.3, -0.25) is 9.59 Å². The van der Waals surface area contributed by atoms with Gasteiger partial charge in [0, 0.05) is 25.3 Å². The Balaban J connectivity index is 1.50. The third-order valence-electron chi connectivity index (χ3n) is 6.94. The predicted molar refractivity (Wildman–Crippen MR) is 132 cm³/mol. The molecule has 34 heavy (non-hydrogen) atoms. The van der Waals surface area contributed by atoms with Crippen molar-refractivity contribution < 1.29 is 18.0 Å². The van der Waals surface area contributed by atoms with Crippen LogP contribution in [0.5, 0.6) is 0 Å². The monoisotopic (exact) mass is 483 g/mol. The van der Waals surface area contributed by atoms with Gasteiger partial charge in [0.1, 0.15) is 6.54 Å². The number of anilines is 1. The smallest absolute Gasteiger partial charge is 0.243 e. The average molecular weight is 484 g/mol. The minimum Gasteiger partial charge on any atom is -0.354 e. The lowest BCUT2D eigenvalue weighted by Crippen LogP contribution is -2.43. The van der Waals surface area contributed by atoms with Crippen molar-refractivity contribution in [2.75, 3.05) is 31.1 Å². The van der Waals surface area contributed by atoms with Gasteiger partial charge in [0.2, 0.25) is 21.8 Å². The molecule has 0 radical (unpaired) electrons. The molecule has 0 bridgehead atoms. The molecule has 0 aliphatic carbocycles. The Morgan fingerprint density at radius 2 is 1.74 bits per heavy atom. The third kappa shape index (κ3) is 4.61. The lowest BCUT2D eigenvalue weighted by atomic mass is 9.86. The number of nitrogens with one attached hydrogen (secondary N) is 1. The van der Waals surface area contributed by atoms with E-state index in [1.54, 1.807) is 32.0 Å². The van der Waals surface area contributed by atoms with E-state index in [0.717, 1.165) is 24.8 Å². The van der Waals surface area contributed by atoms with Gasteiger partial charge in [0.25, 0.3) is 0 Å². The highest BCUT2D eigenvalue weighted by atomic mass is 32.2. The molecule has 1 saturated heterocycles. The van der Waals surface area contributed by atoms with Crippen LogP contribution in [-0.2, 0) is 25.0 Å². The van der Waals surface area contributed by atoms with Crippen LogP contribution in [0.2, 0.25) is 0 Å². The van der Waals surface area contributed by atoms with E-state index in [-0.39, 0.29) is 29.2 Å². The highest BCUT2D eigenvalue weighted by Gasteiger charge is 2.45. The maximum absolute atomic E-state index is 13.2. The highest BCUT2D eigenvalue weighted by Crippen LogP contribution is 2.42. The molecule has 0 saturated carbocycles. The van der Waals surface area contributed by atoms with E-state index in [4.69, 9.17) is 0 Å². The van der Waals surface area contributed by atoms with Crippen molar-refractivity contribution in [3.8, 4) is 0 Å². The Morgan fingerprint density at radius 1 is 1.06 bits per heavy atom. The fourth-order valence-electron chi connectivity index (χ4n) is 4.75. The van der Waals surface area contributed by atoms with E-state index in [2.05, 4.69) is 5.32 Å². The fourth-order valence-corrected chi connectivity index (χ4v) is 6.29. The second kappa shape index (κ2) is 9.50. The minimum absolute atomic E-state index is 0.102. The molecule has 1 fully saturated rings. The van der Waals surface area contributed by atoms with Crippen LogP contribution < -0.4 is 10.2 Å². The van der Waals surface area contributed by atoms with Crippen LogP contribution in [-0.4, -0.2) is 50.7 Å². The van der Waals surface area contributed by atoms with E-state index in [1.807, 2.05) is 37.3 Å². The summed E-state index contributed by atoms with van der Waals surface area (Å²) in [5.41, 5.74) is 1.45. The van der Waals surface area contributed by atoms with Gasteiger partial charge < -0.3 is 10.2 Å². The quantitative estimate of drug-likeness (QED) is 0.654. The number of amides is 2. The van der Waals surface area contributed by atoms with Crippen molar-refractivity contribution in [2.45, 2.75) is 56.3 Å². The van der Waals surface area contributed by atoms with Gasteiger partial charge in [0.15, 0.2) is 0 Å². The zero-order valence-electron chi connectivity index (χ0n) is 20.1. The largest absolute Gasteiger partial charge is 0.354 e. The summed E-state index contributed by atoms with van der Waals surface area (Å²) in [5, 5.41) is 2.93. The lowest BCUT2D eigenvalue weighted by molar-refractivity contribution is -0.125. The molecule has 8 heteroatoms. The minimum atomic E-state index is -3.61. The first-order valence-electron chi connectivity index (χ1n) is 11.9. The Labute approximate surface area is 202 Å². The molecule has 1 atom stereocenters. The van der Waals surface area contributed by atoms with Crippen LogP contribution in [0.4, 0.5) is 5.69 Å².